The largest absolute Gasteiger partial charge is 0.456 e. The van der Waals surface area contributed by atoms with Gasteiger partial charge in [0.05, 0.1) is 1.37 Å². The summed E-state index contributed by atoms with van der Waals surface area (Å²) in [5.41, 5.74) is 2.87. The molecule has 1 nitrogen and oxygen atoms in total. The number of hydrogen-bond acceptors (Lipinski definition) is 1. The van der Waals surface area contributed by atoms with Gasteiger partial charge in [-0.15, -0.1) is 6.58 Å². The molecule has 0 saturated carbocycles. The van der Waals surface area contributed by atoms with Crippen LogP contribution < -0.4 is 0 Å². The monoisotopic (exact) mass is 235 g/mol. The van der Waals surface area contributed by atoms with Crippen molar-refractivity contribution in [1.82, 2.24) is 0 Å². The van der Waals surface area contributed by atoms with Gasteiger partial charge in [0, 0.05) is 10.9 Å². The van der Waals surface area contributed by atoms with E-state index in [9.17, 15) is 0 Å². The zero-order valence-corrected chi connectivity index (χ0v) is 10.0. The molecule has 2 aromatic carbocycles. The van der Waals surface area contributed by atoms with Crippen molar-refractivity contribution in [2.45, 2.75) is 6.42 Å². The molecule has 0 amide bonds. The van der Waals surface area contributed by atoms with Crippen molar-refractivity contribution in [3.05, 3.63) is 72.8 Å². The third kappa shape index (κ3) is 1.84. The maximum Gasteiger partial charge on any atom is 0.135 e. The van der Waals surface area contributed by atoms with Crippen LogP contribution in [0.3, 0.4) is 0 Å². The fourth-order valence-electron chi connectivity index (χ4n) is 2.11. The summed E-state index contributed by atoms with van der Waals surface area (Å²) in [5.74, 6) is 0.638. The molecule has 0 aliphatic rings. The molecule has 1 heteroatoms. The van der Waals surface area contributed by atoms with Crippen molar-refractivity contribution in [3.63, 3.8) is 0 Å². The third-order valence-corrected chi connectivity index (χ3v) is 2.97. The Morgan fingerprint density at radius 1 is 1.11 bits per heavy atom. The molecule has 0 aliphatic carbocycles. The molecule has 0 spiro atoms. The van der Waals surface area contributed by atoms with E-state index in [1.54, 1.807) is 0 Å². The summed E-state index contributed by atoms with van der Waals surface area (Å²) in [6.45, 7) is 3.78. The minimum atomic E-state index is 0.451. The topological polar surface area (TPSA) is 13.1 Å². The van der Waals surface area contributed by atoms with Crippen molar-refractivity contribution in [3.8, 4) is 11.3 Å². The Balaban J connectivity index is 2.24. The Kier molecular flexibility index (Phi) is 2.45. The van der Waals surface area contributed by atoms with Crippen LogP contribution in [0.2, 0.25) is 0 Å². The average Bonchev–Trinajstić information content (AvgIpc) is 2.78. The lowest BCUT2D eigenvalue weighted by Crippen LogP contribution is -1.85. The van der Waals surface area contributed by atoms with Gasteiger partial charge in [0.1, 0.15) is 11.3 Å². The molecule has 0 radical (unpaired) electrons. The fourth-order valence-corrected chi connectivity index (χ4v) is 2.11. The minimum absolute atomic E-state index is 0.451. The maximum atomic E-state index is 8.27. The van der Waals surface area contributed by atoms with E-state index < -0.39 is 0 Å². The van der Waals surface area contributed by atoms with Crippen LogP contribution in [0.1, 0.15) is 6.93 Å². The van der Waals surface area contributed by atoms with Crippen molar-refractivity contribution < 1.29 is 5.79 Å². The summed E-state index contributed by atoms with van der Waals surface area (Å²) in [7, 11) is 0. The molecular formula is C17H14O. The van der Waals surface area contributed by atoms with Gasteiger partial charge in [0.15, 0.2) is 0 Å². The number of para-hydroxylation sites is 1. The van der Waals surface area contributed by atoms with Crippen molar-refractivity contribution in [2.24, 2.45) is 0 Å². The Bertz CT molecular complexity index is 740. The number of fused-ring (bicyclic) bond motifs is 1. The quantitative estimate of drug-likeness (QED) is 0.593. The summed E-state index contributed by atoms with van der Waals surface area (Å²) in [6.07, 6.45) is 2.64. The van der Waals surface area contributed by atoms with Crippen molar-refractivity contribution in [2.75, 3.05) is 0 Å². The molecule has 18 heavy (non-hydrogen) atoms. The Labute approximate surface area is 108 Å². The van der Waals surface area contributed by atoms with Crippen LogP contribution in [0.25, 0.3) is 22.3 Å². The van der Waals surface area contributed by atoms with Gasteiger partial charge < -0.3 is 4.42 Å². The van der Waals surface area contributed by atoms with Crippen LogP contribution in [0.15, 0.2) is 71.6 Å². The van der Waals surface area contributed by atoms with E-state index in [4.69, 9.17) is 5.79 Å². The summed E-state index contributed by atoms with van der Waals surface area (Å²) in [6, 6.07) is 16.1. The van der Waals surface area contributed by atoms with E-state index in [2.05, 4.69) is 6.58 Å². The first-order valence-corrected chi connectivity index (χ1v) is 5.98. The van der Waals surface area contributed by atoms with Gasteiger partial charge in [0.2, 0.25) is 0 Å². The van der Waals surface area contributed by atoms with E-state index in [0.29, 0.717) is 11.8 Å². The number of rotatable bonds is 3. The summed E-state index contributed by atoms with van der Waals surface area (Å²) < 4.78 is 14.1. The molecular weight excluding hydrogens is 220 g/mol. The van der Waals surface area contributed by atoms with E-state index in [1.165, 1.54) is 0 Å². The standard InChI is InChI=1S/C17H14O/c1-2-7-13-8-3-5-10-15(13)17-12-14-9-4-6-11-16(14)18-17/h2-6,8-12H,1,7H2/i12D. The van der Waals surface area contributed by atoms with Gasteiger partial charge in [-0.2, -0.15) is 0 Å². The van der Waals surface area contributed by atoms with E-state index in [0.717, 1.165) is 28.5 Å². The molecule has 88 valence electrons. The lowest BCUT2D eigenvalue weighted by atomic mass is 10.0. The number of furan rings is 1. The normalized spacial score (nSPS) is 11.4. The highest BCUT2D eigenvalue weighted by Crippen LogP contribution is 2.30. The molecule has 0 fully saturated rings. The molecule has 1 heterocycles. The molecule has 0 N–H and O–H groups in total. The van der Waals surface area contributed by atoms with Crippen LogP contribution >= 0.6 is 0 Å². The Morgan fingerprint density at radius 3 is 2.72 bits per heavy atom. The second-order valence-electron chi connectivity index (χ2n) is 4.20. The second-order valence-corrected chi connectivity index (χ2v) is 4.20. The lowest BCUT2D eigenvalue weighted by Gasteiger charge is -2.03. The van der Waals surface area contributed by atoms with E-state index >= 15 is 0 Å². The first kappa shape index (κ1) is 9.72. The molecule has 0 saturated heterocycles. The van der Waals surface area contributed by atoms with Gasteiger partial charge in [-0.05, 0) is 24.1 Å². The van der Waals surface area contributed by atoms with Crippen LogP contribution in [0, 0.1) is 0 Å². The molecule has 0 aliphatic heterocycles. The van der Waals surface area contributed by atoms with Gasteiger partial charge in [-0.1, -0.05) is 48.5 Å². The van der Waals surface area contributed by atoms with E-state index in [1.807, 2.05) is 54.6 Å². The molecule has 0 bridgehead atoms. The summed E-state index contributed by atoms with van der Waals surface area (Å²) in [4.78, 5) is 0. The molecule has 0 unspecified atom stereocenters. The van der Waals surface area contributed by atoms with Gasteiger partial charge in [-0.25, -0.2) is 0 Å². The number of hydrogen-bond donors (Lipinski definition) is 0. The summed E-state index contributed by atoms with van der Waals surface area (Å²) >= 11 is 0. The molecule has 3 aromatic rings. The van der Waals surface area contributed by atoms with Crippen LogP contribution in [-0.4, -0.2) is 0 Å². The zero-order valence-electron chi connectivity index (χ0n) is 11.0. The first-order chi connectivity index (χ1) is 9.31. The van der Waals surface area contributed by atoms with E-state index in [-0.39, 0.29) is 0 Å². The Hall–Kier alpha value is -2.28. The number of allylic oxidation sites excluding steroid dienone is 1. The van der Waals surface area contributed by atoms with Gasteiger partial charge in [0.25, 0.3) is 0 Å². The maximum absolute atomic E-state index is 8.27. The molecule has 3 rings (SSSR count). The third-order valence-electron chi connectivity index (χ3n) is 2.97. The highest BCUT2D eigenvalue weighted by Gasteiger charge is 2.08. The average molecular weight is 235 g/mol. The minimum Gasteiger partial charge on any atom is -0.456 e. The molecule has 1 aromatic heterocycles. The predicted octanol–water partition coefficient (Wildman–Crippen LogP) is 4.83. The molecule has 0 atom stereocenters. The number of benzene rings is 2. The predicted molar refractivity (Wildman–Crippen MR) is 75.6 cm³/mol. The Morgan fingerprint density at radius 2 is 1.89 bits per heavy atom. The van der Waals surface area contributed by atoms with Crippen molar-refractivity contribution >= 4 is 11.0 Å². The SMILES string of the molecule is [2H]c1c(-c2ccccc2CC=C)oc2ccccc12. The lowest BCUT2D eigenvalue weighted by molar-refractivity contribution is 0.631. The van der Waals surface area contributed by atoms with Gasteiger partial charge >= 0.3 is 0 Å². The van der Waals surface area contributed by atoms with Crippen LogP contribution in [-0.2, 0) is 6.42 Å². The zero-order chi connectivity index (χ0) is 13.2. The van der Waals surface area contributed by atoms with Crippen molar-refractivity contribution in [1.29, 1.82) is 0 Å². The highest BCUT2D eigenvalue weighted by molar-refractivity contribution is 5.83. The van der Waals surface area contributed by atoms with Crippen LogP contribution in [0.5, 0.6) is 0 Å². The first-order valence-electron chi connectivity index (χ1n) is 6.48. The highest BCUT2D eigenvalue weighted by atomic mass is 16.3. The van der Waals surface area contributed by atoms with Crippen LogP contribution in [0.4, 0.5) is 0 Å². The smallest absolute Gasteiger partial charge is 0.135 e. The summed E-state index contributed by atoms with van der Waals surface area (Å²) in [5, 5.41) is 0.853. The fraction of sp³-hybridized carbons (Fsp3) is 0.0588. The van der Waals surface area contributed by atoms with Gasteiger partial charge in [-0.3, -0.25) is 0 Å². The second kappa shape index (κ2) is 4.53.